The zero-order valence-corrected chi connectivity index (χ0v) is 12.5. The average molecular weight is 289 g/mol. The largest absolute Gasteiger partial charge is 0.394 e. The van der Waals surface area contributed by atoms with Gasteiger partial charge in [-0.3, -0.25) is 4.79 Å². The van der Waals surface area contributed by atoms with E-state index >= 15 is 0 Å². The number of aliphatic hydroxyl groups is 1. The number of rotatable bonds is 3. The molecule has 1 N–H and O–H groups in total. The number of aliphatic hydroxyl groups excluding tert-OH is 1. The fourth-order valence-corrected chi connectivity index (χ4v) is 3.45. The molecule has 114 valence electrons. The van der Waals surface area contributed by atoms with Crippen molar-refractivity contribution in [2.24, 2.45) is 0 Å². The molecule has 4 heteroatoms. The molecule has 1 amide bonds. The number of amides is 1. The Morgan fingerprint density at radius 2 is 2.29 bits per heavy atom. The molecule has 1 aromatic carbocycles. The molecule has 0 aromatic heterocycles. The van der Waals surface area contributed by atoms with Gasteiger partial charge in [0.2, 0.25) is 5.91 Å². The molecule has 1 unspecified atom stereocenters. The summed E-state index contributed by atoms with van der Waals surface area (Å²) in [6.07, 6.45) is 2.91. The van der Waals surface area contributed by atoms with Crippen LogP contribution in [0.15, 0.2) is 24.3 Å². The van der Waals surface area contributed by atoms with E-state index in [0.717, 1.165) is 24.8 Å². The number of ether oxygens (including phenoxy) is 1. The van der Waals surface area contributed by atoms with Crippen LogP contribution in [0.4, 0.5) is 0 Å². The van der Waals surface area contributed by atoms with Gasteiger partial charge in [-0.1, -0.05) is 36.2 Å². The highest BCUT2D eigenvalue weighted by Crippen LogP contribution is 2.45. The summed E-state index contributed by atoms with van der Waals surface area (Å²) in [6.45, 7) is 3.61. The van der Waals surface area contributed by atoms with Crippen LogP contribution in [0.3, 0.4) is 0 Å². The molecular formula is C17H23NO3. The van der Waals surface area contributed by atoms with Crippen LogP contribution in [-0.4, -0.2) is 48.3 Å². The molecule has 0 bridgehead atoms. The highest BCUT2D eigenvalue weighted by Gasteiger charge is 2.49. The van der Waals surface area contributed by atoms with Crippen LogP contribution in [-0.2, 0) is 14.9 Å². The van der Waals surface area contributed by atoms with Crippen molar-refractivity contribution in [2.45, 2.75) is 37.6 Å². The summed E-state index contributed by atoms with van der Waals surface area (Å²) in [5.41, 5.74) is 1.94. The number of nitrogens with zero attached hydrogens (tertiary/aromatic N) is 1. The first-order valence-corrected chi connectivity index (χ1v) is 7.74. The third kappa shape index (κ3) is 2.47. The van der Waals surface area contributed by atoms with E-state index in [1.165, 1.54) is 5.56 Å². The van der Waals surface area contributed by atoms with Crippen LogP contribution < -0.4 is 0 Å². The Hall–Kier alpha value is -1.39. The van der Waals surface area contributed by atoms with Gasteiger partial charge in [-0.05, 0) is 25.3 Å². The van der Waals surface area contributed by atoms with Crippen molar-refractivity contribution >= 4 is 5.91 Å². The third-order valence-corrected chi connectivity index (χ3v) is 4.89. The van der Waals surface area contributed by atoms with E-state index in [2.05, 4.69) is 25.1 Å². The number of hydrogen-bond donors (Lipinski definition) is 1. The Morgan fingerprint density at radius 1 is 1.48 bits per heavy atom. The Bertz CT molecular complexity index is 525. The van der Waals surface area contributed by atoms with E-state index in [1.807, 2.05) is 11.0 Å². The molecule has 2 fully saturated rings. The summed E-state index contributed by atoms with van der Waals surface area (Å²) >= 11 is 0. The first-order chi connectivity index (χ1) is 10.2. The Labute approximate surface area is 125 Å². The van der Waals surface area contributed by atoms with E-state index in [-0.39, 0.29) is 24.0 Å². The summed E-state index contributed by atoms with van der Waals surface area (Å²) < 4.78 is 5.39. The van der Waals surface area contributed by atoms with Crippen LogP contribution in [0.25, 0.3) is 0 Å². The van der Waals surface area contributed by atoms with Gasteiger partial charge < -0.3 is 14.7 Å². The van der Waals surface area contributed by atoms with Crippen LogP contribution in [0.1, 0.15) is 30.4 Å². The zero-order valence-electron chi connectivity index (χ0n) is 12.5. The molecule has 2 aliphatic rings. The lowest BCUT2D eigenvalue weighted by Gasteiger charge is -2.47. The second-order valence-corrected chi connectivity index (χ2v) is 6.21. The minimum absolute atomic E-state index is 0.0321. The maximum atomic E-state index is 13.1. The lowest BCUT2D eigenvalue weighted by atomic mass is 9.63. The second-order valence-electron chi connectivity index (χ2n) is 6.21. The fourth-order valence-electron chi connectivity index (χ4n) is 3.45. The van der Waals surface area contributed by atoms with Crippen LogP contribution >= 0.6 is 0 Å². The lowest BCUT2D eigenvalue weighted by molar-refractivity contribution is -0.151. The maximum absolute atomic E-state index is 13.1. The molecular weight excluding hydrogens is 266 g/mol. The molecule has 1 aliphatic heterocycles. The second kappa shape index (κ2) is 5.78. The molecule has 1 saturated carbocycles. The lowest BCUT2D eigenvalue weighted by Crippen LogP contribution is -2.58. The summed E-state index contributed by atoms with van der Waals surface area (Å²) in [4.78, 5) is 15.0. The summed E-state index contributed by atoms with van der Waals surface area (Å²) in [5, 5.41) is 9.51. The summed E-state index contributed by atoms with van der Waals surface area (Å²) in [5.74, 6) is 0.168. The van der Waals surface area contributed by atoms with E-state index in [1.54, 1.807) is 0 Å². The Kier molecular flexibility index (Phi) is 4.00. The van der Waals surface area contributed by atoms with E-state index in [9.17, 15) is 9.90 Å². The minimum Gasteiger partial charge on any atom is -0.394 e. The van der Waals surface area contributed by atoms with E-state index < -0.39 is 0 Å². The molecule has 1 aromatic rings. The van der Waals surface area contributed by atoms with Crippen LogP contribution in [0.2, 0.25) is 0 Å². The van der Waals surface area contributed by atoms with Crippen molar-refractivity contribution in [2.75, 3.05) is 26.4 Å². The third-order valence-electron chi connectivity index (χ3n) is 4.89. The number of carbonyl (C=O) groups is 1. The first kappa shape index (κ1) is 14.5. The SMILES string of the molecule is Cc1cccc(C2(C(=O)N3CCOCC3CO)CCC2)c1. The Balaban J connectivity index is 1.90. The molecule has 3 rings (SSSR count). The van der Waals surface area contributed by atoms with Crippen LogP contribution in [0, 0.1) is 6.92 Å². The molecule has 1 aliphatic carbocycles. The molecule has 1 saturated heterocycles. The molecule has 0 radical (unpaired) electrons. The highest BCUT2D eigenvalue weighted by atomic mass is 16.5. The van der Waals surface area contributed by atoms with Gasteiger partial charge >= 0.3 is 0 Å². The Morgan fingerprint density at radius 3 is 2.90 bits per heavy atom. The minimum atomic E-state index is -0.378. The number of aryl methyl sites for hydroxylation is 1. The van der Waals surface area contributed by atoms with Crippen molar-refractivity contribution in [3.63, 3.8) is 0 Å². The summed E-state index contributed by atoms with van der Waals surface area (Å²) in [6, 6.07) is 8.09. The van der Waals surface area contributed by atoms with Crippen molar-refractivity contribution in [3.8, 4) is 0 Å². The normalized spacial score (nSPS) is 24.5. The van der Waals surface area contributed by atoms with Crippen molar-refractivity contribution in [1.82, 2.24) is 4.90 Å². The number of morpholine rings is 1. The van der Waals surface area contributed by atoms with E-state index in [0.29, 0.717) is 19.8 Å². The number of hydrogen-bond acceptors (Lipinski definition) is 3. The molecule has 4 nitrogen and oxygen atoms in total. The van der Waals surface area contributed by atoms with Gasteiger partial charge in [0, 0.05) is 6.54 Å². The van der Waals surface area contributed by atoms with E-state index in [4.69, 9.17) is 4.74 Å². The summed E-state index contributed by atoms with van der Waals surface area (Å²) in [7, 11) is 0. The zero-order chi connectivity index (χ0) is 14.9. The van der Waals surface area contributed by atoms with Gasteiger partial charge in [0.15, 0.2) is 0 Å². The van der Waals surface area contributed by atoms with Crippen molar-refractivity contribution in [3.05, 3.63) is 35.4 Å². The van der Waals surface area contributed by atoms with Crippen LogP contribution in [0.5, 0.6) is 0 Å². The smallest absolute Gasteiger partial charge is 0.233 e. The predicted molar refractivity (Wildman–Crippen MR) is 80.1 cm³/mol. The standard InChI is InChI=1S/C17H23NO3/c1-13-4-2-5-14(10-13)17(6-3-7-17)16(20)18-8-9-21-12-15(18)11-19/h2,4-5,10,15,19H,3,6-9,11-12H2,1H3. The topological polar surface area (TPSA) is 49.8 Å². The quantitative estimate of drug-likeness (QED) is 0.920. The van der Waals surface area contributed by atoms with Gasteiger partial charge in [0.1, 0.15) is 0 Å². The van der Waals surface area contributed by atoms with Gasteiger partial charge in [0.05, 0.1) is 31.3 Å². The van der Waals surface area contributed by atoms with Gasteiger partial charge in [-0.15, -0.1) is 0 Å². The first-order valence-electron chi connectivity index (χ1n) is 7.74. The van der Waals surface area contributed by atoms with Crippen molar-refractivity contribution < 1.29 is 14.6 Å². The highest BCUT2D eigenvalue weighted by molar-refractivity contribution is 5.89. The maximum Gasteiger partial charge on any atom is 0.233 e. The molecule has 1 heterocycles. The number of carbonyl (C=O) groups excluding carboxylic acids is 1. The monoisotopic (exact) mass is 289 g/mol. The van der Waals surface area contributed by atoms with Gasteiger partial charge in [0.25, 0.3) is 0 Å². The molecule has 0 spiro atoms. The predicted octanol–water partition coefficient (Wildman–Crippen LogP) is 1.64. The fraction of sp³-hybridized carbons (Fsp3) is 0.588. The van der Waals surface area contributed by atoms with Crippen molar-refractivity contribution in [1.29, 1.82) is 0 Å². The average Bonchev–Trinajstić information content (AvgIpc) is 2.46. The van der Waals surface area contributed by atoms with Gasteiger partial charge in [-0.2, -0.15) is 0 Å². The molecule has 1 atom stereocenters. The molecule has 21 heavy (non-hydrogen) atoms. The number of benzene rings is 1. The van der Waals surface area contributed by atoms with Gasteiger partial charge in [-0.25, -0.2) is 0 Å².